The summed E-state index contributed by atoms with van der Waals surface area (Å²) in [5, 5.41) is 17.8. The van der Waals surface area contributed by atoms with Crippen molar-refractivity contribution >= 4 is 17.5 Å². The predicted molar refractivity (Wildman–Crippen MR) is 96.0 cm³/mol. The zero-order valence-corrected chi connectivity index (χ0v) is 14.9. The molecular formula is C18H29N3O3. The quantitative estimate of drug-likeness (QED) is 0.553. The van der Waals surface area contributed by atoms with E-state index in [1.807, 2.05) is 13.8 Å². The van der Waals surface area contributed by atoms with Crippen LogP contribution in [0.3, 0.4) is 0 Å². The van der Waals surface area contributed by atoms with Crippen molar-refractivity contribution in [3.8, 4) is 0 Å². The lowest BCUT2D eigenvalue weighted by atomic mass is 10.1. The van der Waals surface area contributed by atoms with Crippen molar-refractivity contribution in [2.24, 2.45) is 5.92 Å². The Kier molecular flexibility index (Phi) is 8.26. The van der Waals surface area contributed by atoms with Crippen LogP contribution in [-0.2, 0) is 4.79 Å². The van der Waals surface area contributed by atoms with Gasteiger partial charge in [0.15, 0.2) is 0 Å². The minimum absolute atomic E-state index is 0.0632. The Morgan fingerprint density at radius 3 is 2.21 bits per heavy atom. The fraction of sp³-hybridized carbons (Fsp3) is 0.556. The molecule has 0 aliphatic rings. The van der Waals surface area contributed by atoms with E-state index >= 15 is 0 Å². The highest BCUT2D eigenvalue weighted by atomic mass is 16.3. The summed E-state index contributed by atoms with van der Waals surface area (Å²) < 4.78 is 0. The molecule has 2 amide bonds. The number of nitrogens with one attached hydrogen (secondary N) is 3. The molecule has 24 heavy (non-hydrogen) atoms. The van der Waals surface area contributed by atoms with E-state index < -0.39 is 0 Å². The summed E-state index contributed by atoms with van der Waals surface area (Å²) in [5.41, 5.74) is 1.29. The molecule has 0 unspecified atom stereocenters. The third-order valence-corrected chi connectivity index (χ3v) is 4.04. The molecule has 4 N–H and O–H groups in total. The standard InChI is InChI=1S/C18H29N3O3/c1-5-15(11-22)21-18(24)14-6-8-16(9-7-14)19-10-17(23)20-13(4)12(2)3/h6-9,12-13,15,19,22H,5,10-11H2,1-4H3,(H,20,23)(H,21,24)/t13-,15-/m1/s1. The molecule has 1 rings (SSSR count). The Labute approximate surface area is 144 Å². The van der Waals surface area contributed by atoms with Crippen molar-refractivity contribution in [3.63, 3.8) is 0 Å². The molecular weight excluding hydrogens is 306 g/mol. The van der Waals surface area contributed by atoms with Crippen molar-refractivity contribution in [3.05, 3.63) is 29.8 Å². The maximum atomic E-state index is 12.0. The van der Waals surface area contributed by atoms with Gasteiger partial charge in [0.05, 0.1) is 19.2 Å². The van der Waals surface area contributed by atoms with Crippen LogP contribution >= 0.6 is 0 Å². The molecule has 6 heteroatoms. The predicted octanol–water partition coefficient (Wildman–Crippen LogP) is 1.76. The Bertz CT molecular complexity index is 525. The lowest BCUT2D eigenvalue weighted by Gasteiger charge is -2.18. The van der Waals surface area contributed by atoms with Gasteiger partial charge in [0, 0.05) is 17.3 Å². The highest BCUT2D eigenvalue weighted by Gasteiger charge is 2.12. The topological polar surface area (TPSA) is 90.5 Å². The molecule has 0 saturated heterocycles. The van der Waals surface area contributed by atoms with Crippen molar-refractivity contribution in [1.82, 2.24) is 10.6 Å². The number of anilines is 1. The van der Waals surface area contributed by atoms with Crippen LogP contribution in [0.5, 0.6) is 0 Å². The molecule has 6 nitrogen and oxygen atoms in total. The Morgan fingerprint density at radius 1 is 1.08 bits per heavy atom. The zero-order chi connectivity index (χ0) is 18.1. The van der Waals surface area contributed by atoms with E-state index in [2.05, 4.69) is 29.8 Å². The van der Waals surface area contributed by atoms with E-state index in [0.717, 1.165) is 5.69 Å². The Balaban J connectivity index is 2.50. The molecule has 0 spiro atoms. The smallest absolute Gasteiger partial charge is 0.251 e. The molecule has 2 atom stereocenters. The Hall–Kier alpha value is -2.08. The van der Waals surface area contributed by atoms with Gasteiger partial charge in [-0.15, -0.1) is 0 Å². The average molecular weight is 335 g/mol. The first-order chi connectivity index (χ1) is 11.4. The normalized spacial score (nSPS) is 13.2. The highest BCUT2D eigenvalue weighted by Crippen LogP contribution is 2.10. The van der Waals surface area contributed by atoms with Gasteiger partial charge in [0.25, 0.3) is 5.91 Å². The minimum atomic E-state index is -0.234. The van der Waals surface area contributed by atoms with E-state index in [1.54, 1.807) is 24.3 Å². The van der Waals surface area contributed by atoms with Crippen molar-refractivity contribution in [2.75, 3.05) is 18.5 Å². The molecule has 1 aromatic rings. The lowest BCUT2D eigenvalue weighted by molar-refractivity contribution is -0.120. The summed E-state index contributed by atoms with van der Waals surface area (Å²) in [6.45, 7) is 8.10. The van der Waals surface area contributed by atoms with Crippen molar-refractivity contribution < 1.29 is 14.7 Å². The van der Waals surface area contributed by atoms with Gasteiger partial charge >= 0.3 is 0 Å². The van der Waals surface area contributed by atoms with Crippen LogP contribution in [0.25, 0.3) is 0 Å². The maximum absolute atomic E-state index is 12.0. The fourth-order valence-electron chi connectivity index (χ4n) is 1.94. The van der Waals surface area contributed by atoms with Crippen LogP contribution in [0.2, 0.25) is 0 Å². The number of amides is 2. The molecule has 1 aromatic carbocycles. The van der Waals surface area contributed by atoms with E-state index in [4.69, 9.17) is 5.11 Å². The average Bonchev–Trinajstić information content (AvgIpc) is 2.57. The number of aliphatic hydroxyl groups is 1. The third-order valence-electron chi connectivity index (χ3n) is 4.04. The highest BCUT2D eigenvalue weighted by molar-refractivity contribution is 5.94. The van der Waals surface area contributed by atoms with E-state index in [-0.39, 0.29) is 37.0 Å². The second kappa shape index (κ2) is 9.93. The number of aliphatic hydroxyl groups excluding tert-OH is 1. The molecule has 134 valence electrons. The van der Waals surface area contributed by atoms with Crippen LogP contribution in [0.4, 0.5) is 5.69 Å². The van der Waals surface area contributed by atoms with Gasteiger partial charge in [-0.25, -0.2) is 0 Å². The molecule has 0 aliphatic carbocycles. The molecule has 0 heterocycles. The molecule has 0 fully saturated rings. The van der Waals surface area contributed by atoms with Crippen molar-refractivity contribution in [2.45, 2.75) is 46.2 Å². The van der Waals surface area contributed by atoms with Crippen molar-refractivity contribution in [1.29, 1.82) is 0 Å². The number of hydrogen-bond acceptors (Lipinski definition) is 4. The van der Waals surface area contributed by atoms with Gasteiger partial charge in [0.2, 0.25) is 5.91 Å². The number of carbonyl (C=O) groups is 2. The number of hydrogen-bond donors (Lipinski definition) is 4. The number of benzene rings is 1. The van der Waals surface area contributed by atoms with Gasteiger partial charge in [-0.05, 0) is 43.5 Å². The summed E-state index contributed by atoms with van der Waals surface area (Å²) in [5.74, 6) is 0.107. The maximum Gasteiger partial charge on any atom is 0.251 e. The molecule has 0 saturated carbocycles. The van der Waals surface area contributed by atoms with Crippen LogP contribution in [0.15, 0.2) is 24.3 Å². The summed E-state index contributed by atoms with van der Waals surface area (Å²) in [4.78, 5) is 23.9. The van der Waals surface area contributed by atoms with Crippen LogP contribution in [0.1, 0.15) is 44.5 Å². The van der Waals surface area contributed by atoms with Gasteiger partial charge in [-0.1, -0.05) is 20.8 Å². The van der Waals surface area contributed by atoms with Crippen LogP contribution in [0, 0.1) is 5.92 Å². The molecule has 0 aliphatic heterocycles. The molecule has 0 radical (unpaired) electrons. The van der Waals surface area contributed by atoms with Gasteiger partial charge in [-0.3, -0.25) is 9.59 Å². The zero-order valence-electron chi connectivity index (χ0n) is 14.9. The largest absolute Gasteiger partial charge is 0.394 e. The second-order valence-electron chi connectivity index (χ2n) is 6.29. The number of carbonyl (C=O) groups excluding carboxylic acids is 2. The second-order valence-corrected chi connectivity index (χ2v) is 6.29. The first-order valence-electron chi connectivity index (χ1n) is 8.42. The van der Waals surface area contributed by atoms with E-state index in [1.165, 1.54) is 0 Å². The van der Waals surface area contributed by atoms with E-state index in [0.29, 0.717) is 17.9 Å². The first kappa shape index (κ1) is 20.0. The summed E-state index contributed by atoms with van der Waals surface area (Å²) in [7, 11) is 0. The SMILES string of the molecule is CC[C@H](CO)NC(=O)c1ccc(NCC(=O)N[C@H](C)C(C)C)cc1. The van der Waals surface area contributed by atoms with Crippen LogP contribution in [-0.4, -0.2) is 42.2 Å². The number of rotatable bonds is 9. The van der Waals surface area contributed by atoms with Gasteiger partial charge < -0.3 is 21.1 Å². The molecule has 0 bridgehead atoms. The lowest BCUT2D eigenvalue weighted by Crippen LogP contribution is -2.39. The summed E-state index contributed by atoms with van der Waals surface area (Å²) in [6, 6.07) is 6.79. The van der Waals surface area contributed by atoms with E-state index in [9.17, 15) is 9.59 Å². The minimum Gasteiger partial charge on any atom is -0.394 e. The first-order valence-corrected chi connectivity index (χ1v) is 8.42. The third kappa shape index (κ3) is 6.58. The monoisotopic (exact) mass is 335 g/mol. The van der Waals surface area contributed by atoms with Crippen LogP contribution < -0.4 is 16.0 Å². The Morgan fingerprint density at radius 2 is 1.71 bits per heavy atom. The summed E-state index contributed by atoms with van der Waals surface area (Å²) in [6.07, 6.45) is 0.672. The van der Waals surface area contributed by atoms with Gasteiger partial charge in [0.1, 0.15) is 0 Å². The molecule has 0 aromatic heterocycles. The van der Waals surface area contributed by atoms with Gasteiger partial charge in [-0.2, -0.15) is 0 Å². The summed E-state index contributed by atoms with van der Waals surface area (Å²) >= 11 is 0. The fourth-order valence-corrected chi connectivity index (χ4v) is 1.94.